The molecule has 2 fully saturated rings. The van der Waals surface area contributed by atoms with Crippen molar-refractivity contribution in [1.82, 2.24) is 9.80 Å². The second-order valence-corrected chi connectivity index (χ2v) is 11.2. The van der Waals surface area contributed by atoms with E-state index in [9.17, 15) is 27.6 Å². The predicted octanol–water partition coefficient (Wildman–Crippen LogP) is 1.86. The van der Waals surface area contributed by atoms with Crippen molar-refractivity contribution in [3.63, 3.8) is 0 Å². The van der Waals surface area contributed by atoms with Gasteiger partial charge in [0.05, 0.1) is 16.2 Å². The molecule has 2 aliphatic rings. The fraction of sp³-hybridized carbons (Fsp3) is 0.125. The molecule has 0 aromatic heterocycles. The number of allylic oxidation sites excluding steroid dienone is 2. The Morgan fingerprint density at radius 1 is 1.11 bits per heavy atom. The van der Waals surface area contributed by atoms with Gasteiger partial charge in [-0.1, -0.05) is 66.5 Å². The lowest BCUT2D eigenvalue weighted by molar-refractivity contribution is -0.143. The van der Waals surface area contributed by atoms with Gasteiger partial charge < -0.3 is 5.32 Å². The maximum atomic E-state index is 13.0. The maximum Gasteiger partial charge on any atom is 0.266 e. The number of nitrogens with two attached hydrogens (primary N) is 1. The van der Waals surface area contributed by atoms with Crippen LogP contribution in [0.3, 0.4) is 0 Å². The summed E-state index contributed by atoms with van der Waals surface area (Å²) in [5.41, 5.74) is 1.19. The van der Waals surface area contributed by atoms with Gasteiger partial charge in [0.1, 0.15) is 16.9 Å². The molecule has 2 heterocycles. The highest BCUT2D eigenvalue weighted by atomic mass is 32.2. The van der Waals surface area contributed by atoms with Crippen molar-refractivity contribution in [2.45, 2.75) is 17.4 Å². The maximum absolute atomic E-state index is 13.0. The number of hydrogen-bond donors (Lipinski definition) is 2. The number of likely N-dealkylation sites (tertiary alicyclic amines) is 1. The molecule has 0 unspecified atom stereocenters. The molecule has 37 heavy (non-hydrogen) atoms. The van der Waals surface area contributed by atoms with Crippen molar-refractivity contribution in [1.29, 1.82) is 0 Å². The second-order valence-electron chi connectivity index (χ2n) is 8.00. The molecule has 10 nitrogen and oxygen atoms in total. The number of amides is 4. The summed E-state index contributed by atoms with van der Waals surface area (Å²) < 4.78 is 22.8. The topological polar surface area (TPSA) is 147 Å². The van der Waals surface area contributed by atoms with Crippen molar-refractivity contribution >= 4 is 73.7 Å². The van der Waals surface area contributed by atoms with Gasteiger partial charge in [0.2, 0.25) is 21.8 Å². The summed E-state index contributed by atoms with van der Waals surface area (Å²) in [5.74, 6) is -2.49. The molecule has 0 aliphatic carbocycles. The first-order valence-corrected chi connectivity index (χ1v) is 13.6. The number of imide groups is 1. The minimum atomic E-state index is -3.89. The molecule has 13 heteroatoms. The van der Waals surface area contributed by atoms with E-state index >= 15 is 0 Å². The highest BCUT2D eigenvalue weighted by Gasteiger charge is 2.48. The van der Waals surface area contributed by atoms with Crippen LogP contribution in [0.2, 0.25) is 0 Å². The molecule has 0 bridgehead atoms. The van der Waals surface area contributed by atoms with E-state index in [0.29, 0.717) is 4.91 Å². The van der Waals surface area contributed by atoms with Crippen LogP contribution in [0.4, 0.5) is 5.69 Å². The van der Waals surface area contributed by atoms with Crippen molar-refractivity contribution < 1.29 is 27.6 Å². The lowest BCUT2D eigenvalue weighted by atomic mass is 10.2. The Kier molecular flexibility index (Phi) is 7.68. The van der Waals surface area contributed by atoms with Gasteiger partial charge in [0.15, 0.2) is 0 Å². The third kappa shape index (κ3) is 6.02. The van der Waals surface area contributed by atoms with Crippen LogP contribution < -0.4 is 10.5 Å². The molecule has 4 rings (SSSR count). The van der Waals surface area contributed by atoms with Gasteiger partial charge in [0.25, 0.3) is 11.8 Å². The van der Waals surface area contributed by atoms with Crippen molar-refractivity contribution in [2.75, 3.05) is 11.9 Å². The Labute approximate surface area is 222 Å². The third-order valence-electron chi connectivity index (χ3n) is 5.46. The van der Waals surface area contributed by atoms with E-state index in [0.717, 1.165) is 27.1 Å². The number of benzene rings is 2. The number of carbonyl (C=O) groups excluding carboxylic acids is 4. The zero-order valence-electron chi connectivity index (χ0n) is 19.1. The van der Waals surface area contributed by atoms with Gasteiger partial charge in [-0.25, -0.2) is 13.6 Å². The Morgan fingerprint density at radius 2 is 1.78 bits per heavy atom. The number of carbonyl (C=O) groups is 4. The van der Waals surface area contributed by atoms with E-state index in [1.165, 1.54) is 24.3 Å². The molecule has 2 saturated heterocycles. The minimum absolute atomic E-state index is 0.133. The standard InChI is InChI=1S/C24H20N4O6S3/c25-37(33,34)17-11-9-16(10-12-17)26-20(29)14-27-21(30)13-18(22(27)31)28-23(32)19(36-24(28)35)8-4-7-15-5-2-1-3-6-15/h1-12,18H,13-14H2,(H,26,29)(H2,25,33,34)/b7-4+,19-8-/t18-/m0/s1. The first kappa shape index (κ1) is 26.4. The number of nitrogens with zero attached hydrogens (tertiary/aromatic N) is 2. The summed E-state index contributed by atoms with van der Waals surface area (Å²) in [6.07, 6.45) is 4.82. The van der Waals surface area contributed by atoms with Crippen LogP contribution >= 0.6 is 24.0 Å². The molecule has 2 aromatic carbocycles. The molecule has 3 N–H and O–H groups in total. The average Bonchev–Trinajstić information content (AvgIpc) is 3.28. The van der Waals surface area contributed by atoms with Crippen molar-refractivity contribution in [2.24, 2.45) is 5.14 Å². The summed E-state index contributed by atoms with van der Waals surface area (Å²) in [5, 5.41) is 7.53. The Hall–Kier alpha value is -3.65. The SMILES string of the molecule is NS(=O)(=O)c1ccc(NC(=O)CN2C(=O)C[C@H](N3C(=O)/C(=C/C=C/c4ccccc4)SC3=S)C2=O)cc1. The monoisotopic (exact) mass is 556 g/mol. The van der Waals surface area contributed by atoms with Crippen LogP contribution in [0.25, 0.3) is 6.08 Å². The van der Waals surface area contributed by atoms with Gasteiger partial charge in [-0.2, -0.15) is 0 Å². The van der Waals surface area contributed by atoms with E-state index in [-0.39, 0.29) is 21.3 Å². The van der Waals surface area contributed by atoms with Crippen LogP contribution in [-0.4, -0.2) is 58.8 Å². The normalized spacial score (nSPS) is 19.5. The largest absolute Gasteiger partial charge is 0.325 e. The van der Waals surface area contributed by atoms with Crippen LogP contribution in [0.1, 0.15) is 12.0 Å². The first-order valence-electron chi connectivity index (χ1n) is 10.8. The lowest BCUT2D eigenvalue weighted by Crippen LogP contribution is -2.45. The highest BCUT2D eigenvalue weighted by molar-refractivity contribution is 8.26. The number of thioether (sulfide) groups is 1. The summed E-state index contributed by atoms with van der Waals surface area (Å²) in [6, 6.07) is 13.4. The highest BCUT2D eigenvalue weighted by Crippen LogP contribution is 2.35. The van der Waals surface area contributed by atoms with Crippen molar-refractivity contribution in [3.8, 4) is 0 Å². The molecule has 2 aliphatic heterocycles. The fourth-order valence-electron chi connectivity index (χ4n) is 3.68. The lowest BCUT2D eigenvalue weighted by Gasteiger charge is -2.21. The van der Waals surface area contributed by atoms with E-state index in [1.54, 1.807) is 12.2 Å². The third-order valence-corrected chi connectivity index (χ3v) is 7.74. The zero-order valence-corrected chi connectivity index (χ0v) is 21.5. The van der Waals surface area contributed by atoms with Crippen molar-refractivity contribution in [3.05, 3.63) is 77.2 Å². The van der Waals surface area contributed by atoms with Gasteiger partial charge >= 0.3 is 0 Å². The molecular formula is C24H20N4O6S3. The molecule has 2 aromatic rings. The van der Waals surface area contributed by atoms with Gasteiger partial charge in [-0.15, -0.1) is 0 Å². The fourth-order valence-corrected chi connectivity index (χ4v) is 5.50. The molecule has 0 radical (unpaired) electrons. The van der Waals surface area contributed by atoms with E-state index in [4.69, 9.17) is 17.4 Å². The van der Waals surface area contributed by atoms with E-state index in [1.807, 2.05) is 36.4 Å². The number of rotatable bonds is 7. The van der Waals surface area contributed by atoms with E-state index < -0.39 is 46.2 Å². The Morgan fingerprint density at radius 3 is 2.43 bits per heavy atom. The Balaban J connectivity index is 1.40. The number of anilines is 1. The number of sulfonamides is 1. The van der Waals surface area contributed by atoms with Crippen LogP contribution in [-0.2, 0) is 29.2 Å². The summed E-state index contributed by atoms with van der Waals surface area (Å²) in [7, 11) is -3.89. The Bertz CT molecular complexity index is 1450. The van der Waals surface area contributed by atoms with E-state index in [2.05, 4.69) is 5.32 Å². The minimum Gasteiger partial charge on any atom is -0.325 e. The quantitative estimate of drug-likeness (QED) is 0.298. The molecule has 190 valence electrons. The summed E-state index contributed by atoms with van der Waals surface area (Å²) in [6.45, 7) is -0.574. The number of hydrogen-bond acceptors (Lipinski definition) is 8. The number of primary sulfonamides is 1. The average molecular weight is 557 g/mol. The van der Waals surface area contributed by atoms with Gasteiger partial charge in [0, 0.05) is 5.69 Å². The molecule has 0 saturated carbocycles. The number of thiocarbonyl (C=S) groups is 1. The zero-order chi connectivity index (χ0) is 26.7. The summed E-state index contributed by atoms with van der Waals surface area (Å²) in [4.78, 5) is 53.0. The molecule has 0 spiro atoms. The molecular weight excluding hydrogens is 536 g/mol. The van der Waals surface area contributed by atoms with Gasteiger partial charge in [-0.05, 0) is 35.9 Å². The van der Waals surface area contributed by atoms with Gasteiger partial charge in [-0.3, -0.25) is 29.0 Å². The van der Waals surface area contributed by atoms with Crippen LogP contribution in [0.15, 0.2) is 76.5 Å². The smallest absolute Gasteiger partial charge is 0.266 e. The summed E-state index contributed by atoms with van der Waals surface area (Å²) >= 11 is 6.34. The van der Waals surface area contributed by atoms with Crippen LogP contribution in [0.5, 0.6) is 0 Å². The molecule has 1 atom stereocenters. The number of nitrogens with one attached hydrogen (secondary N) is 1. The molecule has 4 amide bonds. The predicted molar refractivity (Wildman–Crippen MR) is 142 cm³/mol. The first-order chi connectivity index (χ1) is 17.5. The van der Waals surface area contributed by atoms with Crippen LogP contribution in [0, 0.1) is 0 Å². The second kappa shape index (κ2) is 10.8.